The summed E-state index contributed by atoms with van der Waals surface area (Å²) in [6, 6.07) is 13.4. The summed E-state index contributed by atoms with van der Waals surface area (Å²) in [5, 5.41) is 11.9. The molecule has 0 amide bonds. The Kier molecular flexibility index (Phi) is 4.69. The Morgan fingerprint density at radius 1 is 1.17 bits per heavy atom. The number of nitrogens with zero attached hydrogens (tertiary/aromatic N) is 4. The second-order valence-corrected chi connectivity index (χ2v) is 7.65. The molecular weight excluding hydrogens is 400 g/mol. The van der Waals surface area contributed by atoms with Crippen molar-refractivity contribution in [3.63, 3.8) is 0 Å². The van der Waals surface area contributed by atoms with Gasteiger partial charge in [0.05, 0.1) is 21.8 Å². The summed E-state index contributed by atoms with van der Waals surface area (Å²) < 4.78 is 1.30. The molecule has 0 atom stereocenters. The lowest BCUT2D eigenvalue weighted by molar-refractivity contribution is 0.644. The van der Waals surface area contributed by atoms with Crippen molar-refractivity contribution in [1.29, 1.82) is 0 Å². The number of rotatable bonds is 3. The molecule has 0 spiro atoms. The average Bonchev–Trinajstić information content (AvgIpc) is 2.77. The van der Waals surface area contributed by atoms with Crippen LogP contribution in [0, 0.1) is 6.92 Å². The molecule has 150 valence electrons. The van der Waals surface area contributed by atoms with Gasteiger partial charge in [0.15, 0.2) is 0 Å². The number of nitrogens with one attached hydrogen (secondary N) is 2. The van der Waals surface area contributed by atoms with Crippen molar-refractivity contribution in [2.75, 3.05) is 11.9 Å². The Hall–Kier alpha value is -3.29. The highest BCUT2D eigenvalue weighted by molar-refractivity contribution is 6.32. The van der Waals surface area contributed by atoms with E-state index in [0.29, 0.717) is 33.3 Å². The monoisotopic (exact) mass is 418 g/mol. The molecule has 0 bridgehead atoms. The second kappa shape index (κ2) is 7.51. The van der Waals surface area contributed by atoms with E-state index in [1.54, 1.807) is 12.1 Å². The van der Waals surface area contributed by atoms with Gasteiger partial charge in [0.2, 0.25) is 5.95 Å². The molecule has 0 radical (unpaired) electrons. The van der Waals surface area contributed by atoms with E-state index >= 15 is 0 Å². The number of fused-ring (bicyclic) bond motifs is 2. The Bertz CT molecular complexity index is 1330. The first-order valence-corrected chi connectivity index (χ1v) is 10.1. The minimum absolute atomic E-state index is 0.309. The highest BCUT2D eigenvalue weighted by Gasteiger charge is 2.15. The van der Waals surface area contributed by atoms with Gasteiger partial charge in [-0.05, 0) is 55.3 Å². The second-order valence-electron chi connectivity index (χ2n) is 7.24. The van der Waals surface area contributed by atoms with Crippen LogP contribution in [-0.4, -0.2) is 26.3 Å². The molecule has 2 aromatic heterocycles. The van der Waals surface area contributed by atoms with Crippen LogP contribution in [-0.2, 0) is 13.0 Å². The smallest absolute Gasteiger partial charge is 0.282 e. The Morgan fingerprint density at radius 3 is 2.90 bits per heavy atom. The molecule has 8 heteroatoms. The van der Waals surface area contributed by atoms with Crippen molar-refractivity contribution >= 4 is 34.1 Å². The molecule has 0 saturated carbocycles. The Balaban J connectivity index is 1.54. The van der Waals surface area contributed by atoms with E-state index in [1.165, 1.54) is 22.0 Å². The van der Waals surface area contributed by atoms with Crippen LogP contribution in [0.3, 0.4) is 0 Å². The van der Waals surface area contributed by atoms with Gasteiger partial charge >= 0.3 is 0 Å². The fourth-order valence-electron chi connectivity index (χ4n) is 3.70. The molecule has 1 aliphatic rings. The van der Waals surface area contributed by atoms with Crippen molar-refractivity contribution in [2.45, 2.75) is 19.9 Å². The number of para-hydroxylation sites is 1. The summed E-state index contributed by atoms with van der Waals surface area (Å²) in [7, 11) is 0. The van der Waals surface area contributed by atoms with Crippen LogP contribution in [0.25, 0.3) is 16.6 Å². The predicted molar refractivity (Wildman–Crippen MR) is 118 cm³/mol. The zero-order chi connectivity index (χ0) is 20.7. The maximum absolute atomic E-state index is 13.0. The minimum Gasteiger partial charge on any atom is -0.324 e. The average molecular weight is 419 g/mol. The molecule has 2 aromatic carbocycles. The highest BCUT2D eigenvalue weighted by atomic mass is 35.5. The molecule has 3 heterocycles. The standard InChI is InChI=1S/C22H19ClN6O/c1-13-20-17(21(30)29(28-13)19-5-3-2-4-18(19)23)12-25-22(27-20)26-16-7-6-15-11-24-9-8-14(15)10-16/h2-7,10,12,24H,8-9,11H2,1H3,(H,25,26,27). The van der Waals surface area contributed by atoms with Crippen LogP contribution in [0.15, 0.2) is 53.5 Å². The largest absolute Gasteiger partial charge is 0.324 e. The van der Waals surface area contributed by atoms with Gasteiger partial charge in [-0.25, -0.2) is 9.97 Å². The van der Waals surface area contributed by atoms with Crippen LogP contribution in [0.1, 0.15) is 16.8 Å². The lowest BCUT2D eigenvalue weighted by Crippen LogP contribution is -2.23. The van der Waals surface area contributed by atoms with Gasteiger partial charge in [-0.15, -0.1) is 0 Å². The zero-order valence-electron chi connectivity index (χ0n) is 16.3. The molecule has 30 heavy (non-hydrogen) atoms. The van der Waals surface area contributed by atoms with E-state index in [-0.39, 0.29) is 5.56 Å². The van der Waals surface area contributed by atoms with Gasteiger partial charge in [-0.1, -0.05) is 29.8 Å². The summed E-state index contributed by atoms with van der Waals surface area (Å²) in [4.78, 5) is 21.9. The SMILES string of the molecule is Cc1nn(-c2ccccc2Cl)c(=O)c2cnc(Nc3ccc4c(c3)CCNC4)nc12. The zero-order valence-corrected chi connectivity index (χ0v) is 17.1. The van der Waals surface area contributed by atoms with Gasteiger partial charge in [-0.3, -0.25) is 4.79 Å². The van der Waals surface area contributed by atoms with Crippen molar-refractivity contribution in [2.24, 2.45) is 0 Å². The Labute approximate surface area is 177 Å². The number of benzene rings is 2. The molecule has 0 saturated heterocycles. The highest BCUT2D eigenvalue weighted by Crippen LogP contribution is 2.23. The molecule has 5 rings (SSSR count). The summed E-state index contributed by atoms with van der Waals surface area (Å²) in [5.41, 5.74) is 4.90. The molecule has 7 nitrogen and oxygen atoms in total. The normalized spacial score (nSPS) is 13.3. The third-order valence-corrected chi connectivity index (χ3v) is 5.55. The Morgan fingerprint density at radius 2 is 2.03 bits per heavy atom. The minimum atomic E-state index is -0.309. The van der Waals surface area contributed by atoms with Gasteiger partial charge in [0.1, 0.15) is 5.52 Å². The fourth-order valence-corrected chi connectivity index (χ4v) is 3.92. The summed E-state index contributed by atoms with van der Waals surface area (Å²) >= 11 is 6.26. The van der Waals surface area contributed by atoms with Crippen LogP contribution < -0.4 is 16.2 Å². The summed E-state index contributed by atoms with van der Waals surface area (Å²) in [5.74, 6) is 0.427. The predicted octanol–water partition coefficient (Wildman–Crippen LogP) is 3.53. The van der Waals surface area contributed by atoms with Crippen molar-refractivity contribution in [1.82, 2.24) is 25.1 Å². The maximum atomic E-state index is 13.0. The first-order chi connectivity index (χ1) is 14.6. The third kappa shape index (κ3) is 3.32. The van der Waals surface area contributed by atoms with Crippen LogP contribution in [0.5, 0.6) is 0 Å². The topological polar surface area (TPSA) is 84.7 Å². The summed E-state index contributed by atoms with van der Waals surface area (Å²) in [6.45, 7) is 3.69. The van der Waals surface area contributed by atoms with Gasteiger partial charge in [0, 0.05) is 18.4 Å². The number of anilines is 2. The first kappa shape index (κ1) is 18.7. The van der Waals surface area contributed by atoms with Gasteiger partial charge < -0.3 is 10.6 Å². The van der Waals surface area contributed by atoms with E-state index in [1.807, 2.05) is 25.1 Å². The van der Waals surface area contributed by atoms with Crippen LogP contribution in [0.2, 0.25) is 5.02 Å². The lowest BCUT2D eigenvalue weighted by atomic mass is 10.0. The number of hydrogen-bond acceptors (Lipinski definition) is 6. The maximum Gasteiger partial charge on any atom is 0.282 e. The van der Waals surface area contributed by atoms with Gasteiger partial charge in [0.25, 0.3) is 5.56 Å². The van der Waals surface area contributed by atoms with E-state index in [2.05, 4.69) is 37.8 Å². The molecule has 0 fully saturated rings. The van der Waals surface area contributed by atoms with E-state index in [4.69, 9.17) is 11.6 Å². The first-order valence-electron chi connectivity index (χ1n) is 9.71. The molecule has 0 aliphatic carbocycles. The fraction of sp³-hybridized carbons (Fsp3) is 0.182. The van der Waals surface area contributed by atoms with Crippen molar-refractivity contribution in [3.8, 4) is 5.69 Å². The van der Waals surface area contributed by atoms with E-state index < -0.39 is 0 Å². The van der Waals surface area contributed by atoms with Gasteiger partial charge in [-0.2, -0.15) is 9.78 Å². The van der Waals surface area contributed by atoms with Crippen molar-refractivity contribution < 1.29 is 0 Å². The van der Waals surface area contributed by atoms with E-state index in [9.17, 15) is 4.79 Å². The number of aryl methyl sites for hydroxylation is 1. The van der Waals surface area contributed by atoms with Crippen molar-refractivity contribution in [3.05, 3.63) is 80.9 Å². The molecule has 0 unspecified atom stereocenters. The number of hydrogen-bond donors (Lipinski definition) is 2. The molecule has 4 aromatic rings. The van der Waals surface area contributed by atoms with E-state index in [0.717, 1.165) is 25.2 Å². The van der Waals surface area contributed by atoms with Crippen LogP contribution in [0.4, 0.5) is 11.6 Å². The quantitative estimate of drug-likeness (QED) is 0.529. The van der Waals surface area contributed by atoms with Crippen LogP contribution >= 0.6 is 11.6 Å². The third-order valence-electron chi connectivity index (χ3n) is 5.23. The molecule has 1 aliphatic heterocycles. The number of aromatic nitrogens is 4. The lowest BCUT2D eigenvalue weighted by Gasteiger charge is -2.18. The number of halogens is 1. The summed E-state index contributed by atoms with van der Waals surface area (Å²) in [6.07, 6.45) is 2.53. The molecular formula is C22H19ClN6O. The molecule has 2 N–H and O–H groups in total.